The normalized spacial score (nSPS) is 15.5. The molecule has 1 aliphatic rings. The number of aryl methyl sites for hydroxylation is 1. The maximum absolute atomic E-state index is 4.72. The summed E-state index contributed by atoms with van der Waals surface area (Å²) >= 11 is 1.77. The van der Waals surface area contributed by atoms with E-state index in [1.54, 1.807) is 11.3 Å². The molecule has 0 saturated carbocycles. The van der Waals surface area contributed by atoms with Crippen molar-refractivity contribution in [2.45, 2.75) is 47.1 Å². The zero-order chi connectivity index (χ0) is 24.1. The summed E-state index contributed by atoms with van der Waals surface area (Å²) in [6.07, 6.45) is 5.87. The fraction of sp³-hybridized carbons (Fsp3) is 0.500. The van der Waals surface area contributed by atoms with Crippen molar-refractivity contribution in [2.24, 2.45) is 5.41 Å². The third-order valence-corrected chi connectivity index (χ3v) is 7.59. The van der Waals surface area contributed by atoms with Gasteiger partial charge in [0.2, 0.25) is 0 Å². The lowest BCUT2D eigenvalue weighted by atomic mass is 9.92. The Balaban J connectivity index is 1.48. The number of thiazole rings is 1. The maximum atomic E-state index is 4.72. The van der Waals surface area contributed by atoms with Crippen molar-refractivity contribution < 1.29 is 0 Å². The smallest absolute Gasteiger partial charge is 0.107 e. The van der Waals surface area contributed by atoms with Crippen LogP contribution in [-0.4, -0.2) is 54.6 Å². The zero-order valence-corrected chi connectivity index (χ0v) is 22.2. The molecule has 0 bridgehead atoms. The van der Waals surface area contributed by atoms with E-state index in [0.29, 0.717) is 0 Å². The van der Waals surface area contributed by atoms with Gasteiger partial charge in [0.25, 0.3) is 0 Å². The van der Waals surface area contributed by atoms with Gasteiger partial charge in [0, 0.05) is 63.2 Å². The van der Waals surface area contributed by atoms with Gasteiger partial charge in [0.15, 0.2) is 0 Å². The summed E-state index contributed by atoms with van der Waals surface area (Å²) < 4.78 is 0. The first-order valence-electron chi connectivity index (χ1n) is 12.4. The van der Waals surface area contributed by atoms with E-state index in [1.807, 2.05) is 18.5 Å². The van der Waals surface area contributed by atoms with Crippen LogP contribution in [0.25, 0.3) is 0 Å². The molecule has 0 fully saturated rings. The number of hydrogen-bond donors (Lipinski definition) is 0. The van der Waals surface area contributed by atoms with Crippen molar-refractivity contribution in [3.05, 3.63) is 69.9 Å². The Morgan fingerprint density at radius 2 is 1.85 bits per heavy atom. The molecule has 5 nitrogen and oxygen atoms in total. The fourth-order valence-electron chi connectivity index (χ4n) is 5.02. The second kappa shape index (κ2) is 10.9. The SMILES string of the molecule is CCN1CC(C)(C)CN(C)c2cc(CCN(CCc3cccnc3)Cc3nc(C)cs3)ccc21. The number of rotatable bonds is 9. The van der Waals surface area contributed by atoms with Gasteiger partial charge in [-0.1, -0.05) is 26.0 Å². The van der Waals surface area contributed by atoms with Crippen LogP contribution in [0.2, 0.25) is 0 Å². The molecular formula is C28H39N5S. The number of nitrogens with zero attached hydrogens (tertiary/aromatic N) is 5. The molecule has 0 amide bonds. The standard InChI is InChI=1S/C28H39N5S/c1-6-33-21-28(3,4)20-31(5)26-16-23(9-10-25(26)33)11-14-32(18-27-30-22(2)19-34-27)15-12-24-8-7-13-29-17-24/h7-10,13,16-17,19H,6,11-12,14-15,18,20-21H2,1-5H3. The lowest BCUT2D eigenvalue weighted by Crippen LogP contribution is -2.37. The molecule has 4 rings (SSSR count). The number of anilines is 2. The Labute approximate surface area is 209 Å². The van der Waals surface area contributed by atoms with Crippen molar-refractivity contribution in [1.29, 1.82) is 0 Å². The summed E-state index contributed by atoms with van der Waals surface area (Å²) in [6, 6.07) is 11.3. The number of fused-ring (bicyclic) bond motifs is 1. The van der Waals surface area contributed by atoms with Crippen LogP contribution in [0.15, 0.2) is 48.1 Å². The lowest BCUT2D eigenvalue weighted by Gasteiger charge is -2.30. The Kier molecular flexibility index (Phi) is 7.89. The average molecular weight is 478 g/mol. The summed E-state index contributed by atoms with van der Waals surface area (Å²) in [7, 11) is 2.24. The molecule has 1 aliphatic heterocycles. The highest BCUT2D eigenvalue weighted by Gasteiger charge is 2.29. The summed E-state index contributed by atoms with van der Waals surface area (Å²) in [5.41, 5.74) is 6.80. The zero-order valence-electron chi connectivity index (χ0n) is 21.4. The predicted octanol–water partition coefficient (Wildman–Crippen LogP) is 5.44. The van der Waals surface area contributed by atoms with Crippen LogP contribution >= 0.6 is 11.3 Å². The van der Waals surface area contributed by atoms with Gasteiger partial charge in [-0.05, 0) is 61.4 Å². The Bertz CT molecular complexity index is 1060. The third-order valence-electron chi connectivity index (χ3n) is 6.64. The third kappa shape index (κ3) is 6.36. The molecule has 34 heavy (non-hydrogen) atoms. The van der Waals surface area contributed by atoms with E-state index in [0.717, 1.165) is 57.8 Å². The summed E-state index contributed by atoms with van der Waals surface area (Å²) in [5.74, 6) is 0. The molecule has 0 N–H and O–H groups in total. The van der Waals surface area contributed by atoms with Gasteiger partial charge in [0.05, 0.1) is 17.9 Å². The lowest BCUT2D eigenvalue weighted by molar-refractivity contribution is 0.271. The molecule has 2 aromatic heterocycles. The van der Waals surface area contributed by atoms with E-state index in [4.69, 9.17) is 4.98 Å². The van der Waals surface area contributed by atoms with Crippen LogP contribution in [-0.2, 0) is 19.4 Å². The minimum atomic E-state index is 0.263. The molecule has 6 heteroatoms. The van der Waals surface area contributed by atoms with Crippen molar-refractivity contribution in [1.82, 2.24) is 14.9 Å². The van der Waals surface area contributed by atoms with Crippen LogP contribution in [0.3, 0.4) is 0 Å². The molecule has 182 valence electrons. The first kappa shape index (κ1) is 24.7. The van der Waals surface area contributed by atoms with Gasteiger partial charge in [-0.15, -0.1) is 11.3 Å². The van der Waals surface area contributed by atoms with Gasteiger partial charge >= 0.3 is 0 Å². The van der Waals surface area contributed by atoms with Crippen LogP contribution in [0.4, 0.5) is 11.4 Å². The number of benzene rings is 1. The second-order valence-electron chi connectivity index (χ2n) is 10.4. The van der Waals surface area contributed by atoms with E-state index in [1.165, 1.54) is 27.5 Å². The van der Waals surface area contributed by atoms with Crippen LogP contribution < -0.4 is 9.80 Å². The molecule has 0 radical (unpaired) electrons. The maximum Gasteiger partial charge on any atom is 0.107 e. The quantitative estimate of drug-likeness (QED) is 0.410. The molecular weight excluding hydrogens is 438 g/mol. The number of hydrogen-bond acceptors (Lipinski definition) is 6. The fourth-order valence-corrected chi connectivity index (χ4v) is 5.83. The molecule has 0 atom stereocenters. The van der Waals surface area contributed by atoms with Gasteiger partial charge in [0.1, 0.15) is 5.01 Å². The summed E-state index contributed by atoms with van der Waals surface area (Å²) in [4.78, 5) is 16.5. The molecule has 1 aromatic carbocycles. The highest BCUT2D eigenvalue weighted by atomic mass is 32.1. The van der Waals surface area contributed by atoms with Gasteiger partial charge in [-0.25, -0.2) is 4.98 Å². The minimum Gasteiger partial charge on any atom is -0.372 e. The molecule has 0 aliphatic carbocycles. The monoisotopic (exact) mass is 477 g/mol. The summed E-state index contributed by atoms with van der Waals surface area (Å²) in [5, 5.41) is 3.35. The van der Waals surface area contributed by atoms with Gasteiger partial charge in [-0.2, -0.15) is 0 Å². The Morgan fingerprint density at radius 1 is 1.06 bits per heavy atom. The number of pyridine rings is 1. The highest BCUT2D eigenvalue weighted by molar-refractivity contribution is 7.09. The molecule has 3 heterocycles. The molecule has 0 unspecified atom stereocenters. The van der Waals surface area contributed by atoms with Crippen LogP contribution in [0, 0.1) is 12.3 Å². The van der Waals surface area contributed by atoms with Crippen molar-refractivity contribution in [3.63, 3.8) is 0 Å². The van der Waals surface area contributed by atoms with E-state index in [2.05, 4.69) is 84.1 Å². The number of aromatic nitrogens is 2. The predicted molar refractivity (Wildman–Crippen MR) is 145 cm³/mol. The van der Waals surface area contributed by atoms with Crippen LogP contribution in [0.1, 0.15) is 42.6 Å². The topological polar surface area (TPSA) is 35.5 Å². The largest absolute Gasteiger partial charge is 0.372 e. The Morgan fingerprint density at radius 3 is 2.53 bits per heavy atom. The van der Waals surface area contributed by atoms with Crippen molar-refractivity contribution in [3.8, 4) is 0 Å². The van der Waals surface area contributed by atoms with E-state index in [-0.39, 0.29) is 5.41 Å². The van der Waals surface area contributed by atoms with Crippen molar-refractivity contribution >= 4 is 22.7 Å². The first-order valence-corrected chi connectivity index (χ1v) is 13.3. The van der Waals surface area contributed by atoms with Crippen molar-refractivity contribution in [2.75, 3.05) is 49.6 Å². The first-order chi connectivity index (χ1) is 16.3. The van der Waals surface area contributed by atoms with Gasteiger partial charge < -0.3 is 9.80 Å². The van der Waals surface area contributed by atoms with E-state index in [9.17, 15) is 0 Å². The molecule has 0 spiro atoms. The van der Waals surface area contributed by atoms with E-state index < -0.39 is 0 Å². The van der Waals surface area contributed by atoms with Crippen LogP contribution in [0.5, 0.6) is 0 Å². The Hall–Kier alpha value is -2.44. The second-order valence-corrected chi connectivity index (χ2v) is 11.3. The minimum absolute atomic E-state index is 0.263. The average Bonchev–Trinajstić information content (AvgIpc) is 3.19. The summed E-state index contributed by atoms with van der Waals surface area (Å²) in [6.45, 7) is 15.2. The highest BCUT2D eigenvalue weighted by Crippen LogP contribution is 2.37. The van der Waals surface area contributed by atoms with Gasteiger partial charge in [-0.3, -0.25) is 9.88 Å². The molecule has 3 aromatic rings. The van der Waals surface area contributed by atoms with E-state index >= 15 is 0 Å². The molecule has 0 saturated heterocycles.